The fraction of sp³-hybridized carbons (Fsp3) is 0.471. The van der Waals surface area contributed by atoms with Crippen LogP contribution in [0.5, 0.6) is 0 Å². The molecule has 0 radical (unpaired) electrons. The normalized spacial score (nSPS) is 12.4. The summed E-state index contributed by atoms with van der Waals surface area (Å²) in [7, 11) is 0. The minimum absolute atomic E-state index is 0.0214. The summed E-state index contributed by atoms with van der Waals surface area (Å²) in [4.78, 5) is 12.1. The van der Waals surface area contributed by atoms with Gasteiger partial charge in [-0.25, -0.2) is 0 Å². The molecule has 0 bridgehead atoms. The molecule has 1 atom stereocenters. The molecular formula is C17H24N4OS. The number of aromatic nitrogens is 3. The minimum Gasteiger partial charge on any atom is -0.353 e. The highest BCUT2D eigenvalue weighted by molar-refractivity contribution is 8.00. The van der Waals surface area contributed by atoms with Crippen molar-refractivity contribution in [2.24, 2.45) is 0 Å². The standard InChI is InChI=1S/C17H24N4OS/c1-6-21-15(14-10-8-7-9-12(14)4)19-20-17(21)23-13(5)16(22)18-11(2)3/h7-11,13H,6H2,1-5H3,(H,18,22)/t13-/m1/s1. The zero-order valence-electron chi connectivity index (χ0n) is 14.3. The van der Waals surface area contributed by atoms with E-state index in [4.69, 9.17) is 0 Å². The van der Waals surface area contributed by atoms with Crippen molar-refractivity contribution in [2.45, 2.75) is 57.6 Å². The Morgan fingerprint density at radius 2 is 1.96 bits per heavy atom. The van der Waals surface area contributed by atoms with Crippen LogP contribution in [0.3, 0.4) is 0 Å². The van der Waals surface area contributed by atoms with Crippen LogP contribution in [0.1, 0.15) is 33.3 Å². The molecule has 1 N–H and O–H groups in total. The van der Waals surface area contributed by atoms with Gasteiger partial charge in [-0.05, 0) is 40.2 Å². The van der Waals surface area contributed by atoms with E-state index >= 15 is 0 Å². The highest BCUT2D eigenvalue weighted by Gasteiger charge is 2.21. The molecule has 0 saturated heterocycles. The Balaban J connectivity index is 2.25. The number of hydrogen-bond acceptors (Lipinski definition) is 4. The average Bonchev–Trinajstić information content (AvgIpc) is 2.89. The van der Waals surface area contributed by atoms with E-state index in [2.05, 4.69) is 46.1 Å². The lowest BCUT2D eigenvalue weighted by Crippen LogP contribution is -2.36. The van der Waals surface area contributed by atoms with Crippen molar-refractivity contribution < 1.29 is 4.79 Å². The van der Waals surface area contributed by atoms with Crippen molar-refractivity contribution in [1.82, 2.24) is 20.1 Å². The Hall–Kier alpha value is -1.82. The monoisotopic (exact) mass is 332 g/mol. The van der Waals surface area contributed by atoms with Gasteiger partial charge in [0.25, 0.3) is 0 Å². The highest BCUT2D eigenvalue weighted by atomic mass is 32.2. The first-order chi connectivity index (χ1) is 10.9. The summed E-state index contributed by atoms with van der Waals surface area (Å²) >= 11 is 1.44. The number of carbonyl (C=O) groups excluding carboxylic acids is 1. The molecule has 124 valence electrons. The molecule has 1 aromatic heterocycles. The molecule has 5 nitrogen and oxygen atoms in total. The third kappa shape index (κ3) is 4.13. The maximum Gasteiger partial charge on any atom is 0.233 e. The van der Waals surface area contributed by atoms with Crippen molar-refractivity contribution in [2.75, 3.05) is 0 Å². The van der Waals surface area contributed by atoms with Gasteiger partial charge in [0.2, 0.25) is 5.91 Å². The molecule has 23 heavy (non-hydrogen) atoms. The summed E-state index contributed by atoms with van der Waals surface area (Å²) in [5.41, 5.74) is 2.24. The van der Waals surface area contributed by atoms with Crippen LogP contribution in [-0.2, 0) is 11.3 Å². The van der Waals surface area contributed by atoms with Crippen LogP contribution in [0.15, 0.2) is 29.4 Å². The molecule has 1 amide bonds. The van der Waals surface area contributed by atoms with Crippen LogP contribution in [-0.4, -0.2) is 32.0 Å². The molecule has 2 aromatic rings. The van der Waals surface area contributed by atoms with Gasteiger partial charge in [0, 0.05) is 18.2 Å². The first-order valence-electron chi connectivity index (χ1n) is 7.90. The van der Waals surface area contributed by atoms with Gasteiger partial charge < -0.3 is 9.88 Å². The number of carbonyl (C=O) groups is 1. The zero-order chi connectivity index (χ0) is 17.0. The van der Waals surface area contributed by atoms with Crippen LogP contribution in [0.2, 0.25) is 0 Å². The predicted molar refractivity (Wildman–Crippen MR) is 94.5 cm³/mol. The molecule has 1 heterocycles. The molecule has 0 spiro atoms. The number of nitrogens with zero attached hydrogens (tertiary/aromatic N) is 3. The Bertz CT molecular complexity index is 681. The van der Waals surface area contributed by atoms with E-state index in [1.807, 2.05) is 32.9 Å². The van der Waals surface area contributed by atoms with Crippen molar-refractivity contribution in [3.63, 3.8) is 0 Å². The number of amides is 1. The largest absolute Gasteiger partial charge is 0.353 e. The molecular weight excluding hydrogens is 308 g/mol. The van der Waals surface area contributed by atoms with E-state index in [1.54, 1.807) is 0 Å². The molecule has 1 aromatic carbocycles. The zero-order valence-corrected chi connectivity index (χ0v) is 15.1. The lowest BCUT2D eigenvalue weighted by atomic mass is 10.1. The van der Waals surface area contributed by atoms with E-state index in [-0.39, 0.29) is 17.2 Å². The Labute approximate surface area is 141 Å². The van der Waals surface area contributed by atoms with Crippen molar-refractivity contribution >= 4 is 17.7 Å². The first kappa shape index (κ1) is 17.5. The smallest absolute Gasteiger partial charge is 0.233 e. The predicted octanol–water partition coefficient (Wildman–Crippen LogP) is 3.28. The number of thioether (sulfide) groups is 1. The third-order valence-corrected chi connectivity index (χ3v) is 4.58. The summed E-state index contributed by atoms with van der Waals surface area (Å²) in [5, 5.41) is 12.1. The summed E-state index contributed by atoms with van der Waals surface area (Å²) in [5.74, 6) is 0.873. The van der Waals surface area contributed by atoms with Gasteiger partial charge in [-0.15, -0.1) is 10.2 Å². The number of aryl methyl sites for hydroxylation is 1. The molecule has 6 heteroatoms. The summed E-state index contributed by atoms with van der Waals surface area (Å²) in [6, 6.07) is 8.27. The van der Waals surface area contributed by atoms with Crippen LogP contribution in [0, 0.1) is 6.92 Å². The molecule has 0 aliphatic carbocycles. The fourth-order valence-corrected chi connectivity index (χ4v) is 3.22. The molecule has 0 aliphatic rings. The maximum absolute atomic E-state index is 12.1. The van der Waals surface area contributed by atoms with Gasteiger partial charge in [0.15, 0.2) is 11.0 Å². The molecule has 0 aliphatic heterocycles. The number of hydrogen-bond donors (Lipinski definition) is 1. The Morgan fingerprint density at radius 3 is 2.57 bits per heavy atom. The molecule has 2 rings (SSSR count). The van der Waals surface area contributed by atoms with Crippen LogP contribution >= 0.6 is 11.8 Å². The second-order valence-corrected chi connectivity index (χ2v) is 7.10. The van der Waals surface area contributed by atoms with E-state index in [0.717, 1.165) is 28.7 Å². The number of rotatable bonds is 6. The maximum atomic E-state index is 12.1. The third-order valence-electron chi connectivity index (χ3n) is 3.50. The van der Waals surface area contributed by atoms with Crippen LogP contribution in [0.4, 0.5) is 0 Å². The highest BCUT2D eigenvalue weighted by Crippen LogP contribution is 2.28. The van der Waals surface area contributed by atoms with Crippen molar-refractivity contribution in [1.29, 1.82) is 0 Å². The van der Waals surface area contributed by atoms with Crippen LogP contribution in [0.25, 0.3) is 11.4 Å². The topological polar surface area (TPSA) is 59.8 Å². The SMILES string of the molecule is CCn1c(S[C@H](C)C(=O)NC(C)C)nnc1-c1ccccc1C. The Kier molecular flexibility index (Phi) is 5.82. The Morgan fingerprint density at radius 1 is 1.26 bits per heavy atom. The lowest BCUT2D eigenvalue weighted by molar-refractivity contribution is -0.120. The van der Waals surface area contributed by atoms with Gasteiger partial charge >= 0.3 is 0 Å². The van der Waals surface area contributed by atoms with Crippen molar-refractivity contribution in [3.05, 3.63) is 29.8 Å². The van der Waals surface area contributed by atoms with E-state index in [0.29, 0.717) is 0 Å². The van der Waals surface area contributed by atoms with Crippen LogP contribution < -0.4 is 5.32 Å². The summed E-state index contributed by atoms with van der Waals surface area (Å²) in [6.07, 6.45) is 0. The molecule has 0 saturated carbocycles. The van der Waals surface area contributed by atoms with Gasteiger partial charge in [-0.1, -0.05) is 36.0 Å². The van der Waals surface area contributed by atoms with E-state index in [9.17, 15) is 4.79 Å². The second-order valence-electron chi connectivity index (χ2n) is 5.79. The lowest BCUT2D eigenvalue weighted by Gasteiger charge is -2.14. The summed E-state index contributed by atoms with van der Waals surface area (Å²) in [6.45, 7) is 10.7. The number of nitrogens with one attached hydrogen (secondary N) is 1. The number of benzene rings is 1. The average molecular weight is 332 g/mol. The first-order valence-corrected chi connectivity index (χ1v) is 8.78. The van der Waals surface area contributed by atoms with Gasteiger partial charge in [0.1, 0.15) is 0 Å². The minimum atomic E-state index is -0.211. The fourth-order valence-electron chi connectivity index (χ4n) is 2.30. The molecule has 0 unspecified atom stereocenters. The van der Waals surface area contributed by atoms with E-state index < -0.39 is 0 Å². The van der Waals surface area contributed by atoms with Crippen molar-refractivity contribution in [3.8, 4) is 11.4 Å². The van der Waals surface area contributed by atoms with Gasteiger partial charge in [-0.3, -0.25) is 4.79 Å². The second kappa shape index (κ2) is 7.64. The summed E-state index contributed by atoms with van der Waals surface area (Å²) < 4.78 is 2.06. The van der Waals surface area contributed by atoms with Gasteiger partial charge in [0.05, 0.1) is 5.25 Å². The van der Waals surface area contributed by atoms with E-state index in [1.165, 1.54) is 11.8 Å². The quantitative estimate of drug-likeness (QED) is 0.825. The van der Waals surface area contributed by atoms with Gasteiger partial charge in [-0.2, -0.15) is 0 Å². The molecule has 0 fully saturated rings.